The third-order valence-electron chi connectivity index (χ3n) is 5.39. The molecule has 0 spiro atoms. The summed E-state index contributed by atoms with van der Waals surface area (Å²) < 4.78 is 4.07. The predicted molar refractivity (Wildman–Crippen MR) is 126 cm³/mol. The van der Waals surface area contributed by atoms with Crippen LogP contribution in [0, 0.1) is 5.92 Å². The lowest BCUT2D eigenvalue weighted by atomic mass is 10.1. The average Bonchev–Trinajstić information content (AvgIpc) is 3.42. The number of aromatic hydroxyl groups is 1. The van der Waals surface area contributed by atoms with Crippen LogP contribution in [0.2, 0.25) is 0 Å². The quantitative estimate of drug-likeness (QED) is 0.409. The maximum absolute atomic E-state index is 9.44. The van der Waals surface area contributed by atoms with E-state index in [-0.39, 0.29) is 17.7 Å². The highest BCUT2D eigenvalue weighted by atomic mass is 16.3. The van der Waals surface area contributed by atoms with Crippen LogP contribution < -0.4 is 0 Å². The summed E-state index contributed by atoms with van der Waals surface area (Å²) in [5, 5.41) is 9.44. The highest BCUT2D eigenvalue weighted by Gasteiger charge is 2.18. The van der Waals surface area contributed by atoms with Crippen molar-refractivity contribution in [1.82, 2.24) is 19.1 Å². The molecule has 3 rings (SSSR count). The first-order chi connectivity index (χ1) is 14.9. The standard InChI is InChI=1S/C24H32N6O/c1-6-18(4)23(29-14-13-25-15-29)28-24-22(27-16-30(24)17(2)3)19(5)26-12-11-20-7-9-21(31)10-8-20/h7-10,13-18,31H,6,11-12H2,1-5H3. The molecule has 3 aromatic rings. The Morgan fingerprint density at radius 1 is 1.13 bits per heavy atom. The number of hydrogen-bond acceptors (Lipinski definition) is 5. The van der Waals surface area contributed by atoms with Crippen LogP contribution in [0.25, 0.3) is 0 Å². The summed E-state index contributed by atoms with van der Waals surface area (Å²) in [6.07, 6.45) is 9.11. The van der Waals surface area contributed by atoms with Gasteiger partial charge in [-0.1, -0.05) is 26.0 Å². The summed E-state index contributed by atoms with van der Waals surface area (Å²) in [4.78, 5) is 18.7. The van der Waals surface area contributed by atoms with Gasteiger partial charge in [0.1, 0.15) is 23.6 Å². The van der Waals surface area contributed by atoms with Gasteiger partial charge >= 0.3 is 0 Å². The fourth-order valence-electron chi connectivity index (χ4n) is 3.30. The zero-order valence-corrected chi connectivity index (χ0v) is 19.0. The Hall–Kier alpha value is -3.22. The maximum Gasteiger partial charge on any atom is 0.163 e. The zero-order valence-electron chi connectivity index (χ0n) is 19.0. The molecular formula is C24H32N6O. The second-order valence-corrected chi connectivity index (χ2v) is 8.05. The van der Waals surface area contributed by atoms with E-state index in [9.17, 15) is 5.11 Å². The highest BCUT2D eigenvalue weighted by molar-refractivity contribution is 6.02. The second-order valence-electron chi connectivity index (χ2n) is 8.05. The van der Waals surface area contributed by atoms with Gasteiger partial charge in [-0.3, -0.25) is 9.56 Å². The van der Waals surface area contributed by atoms with Gasteiger partial charge in [0.25, 0.3) is 0 Å². The molecule has 0 amide bonds. The third kappa shape index (κ3) is 5.48. The molecule has 7 nitrogen and oxygen atoms in total. The molecule has 0 fully saturated rings. The number of phenolic OH excluding ortho intramolecular Hbond substituents is 1. The van der Waals surface area contributed by atoms with E-state index in [1.54, 1.807) is 24.7 Å². The number of aliphatic imine (C=N–C) groups is 2. The molecular weight excluding hydrogens is 388 g/mol. The fraction of sp³-hybridized carbons (Fsp3) is 0.417. The molecule has 1 atom stereocenters. The van der Waals surface area contributed by atoms with Gasteiger partial charge in [-0.2, -0.15) is 0 Å². The number of phenols is 1. The van der Waals surface area contributed by atoms with Crippen molar-refractivity contribution in [1.29, 1.82) is 0 Å². The third-order valence-corrected chi connectivity index (χ3v) is 5.39. The Morgan fingerprint density at radius 3 is 2.48 bits per heavy atom. The molecule has 164 valence electrons. The van der Waals surface area contributed by atoms with Crippen LogP contribution in [0.5, 0.6) is 5.75 Å². The SMILES string of the molecule is CCC(C)C(=Nc1c(C(C)=NCCc2ccc(O)cc2)ncn1C(C)C)n1ccnc1. The zero-order chi connectivity index (χ0) is 22.4. The van der Waals surface area contributed by atoms with Gasteiger partial charge in [0, 0.05) is 30.9 Å². The van der Waals surface area contributed by atoms with E-state index < -0.39 is 0 Å². The first-order valence-electron chi connectivity index (χ1n) is 10.8. The summed E-state index contributed by atoms with van der Waals surface area (Å²) in [5.74, 6) is 2.31. The lowest BCUT2D eigenvalue weighted by Crippen LogP contribution is -2.19. The Balaban J connectivity index is 1.93. The highest BCUT2D eigenvalue weighted by Crippen LogP contribution is 2.25. The van der Waals surface area contributed by atoms with Crippen molar-refractivity contribution in [3.63, 3.8) is 0 Å². The first-order valence-corrected chi connectivity index (χ1v) is 10.8. The molecule has 2 heterocycles. The molecule has 0 radical (unpaired) electrons. The maximum atomic E-state index is 9.44. The Morgan fingerprint density at radius 2 is 1.87 bits per heavy atom. The fourth-order valence-corrected chi connectivity index (χ4v) is 3.30. The van der Waals surface area contributed by atoms with E-state index >= 15 is 0 Å². The smallest absolute Gasteiger partial charge is 0.163 e. The summed E-state index contributed by atoms with van der Waals surface area (Å²) in [6, 6.07) is 7.48. The van der Waals surface area contributed by atoms with Crippen LogP contribution in [-0.4, -0.2) is 42.3 Å². The monoisotopic (exact) mass is 420 g/mol. The van der Waals surface area contributed by atoms with E-state index in [1.165, 1.54) is 0 Å². The molecule has 1 aromatic carbocycles. The van der Waals surface area contributed by atoms with Crippen molar-refractivity contribution in [2.45, 2.75) is 53.5 Å². The van der Waals surface area contributed by atoms with E-state index in [0.717, 1.165) is 41.5 Å². The number of nitrogens with zero attached hydrogens (tertiary/aromatic N) is 6. The topological polar surface area (TPSA) is 80.6 Å². The molecule has 1 unspecified atom stereocenters. The van der Waals surface area contributed by atoms with Crippen LogP contribution in [0.3, 0.4) is 0 Å². The summed E-state index contributed by atoms with van der Waals surface area (Å²) in [6.45, 7) is 11.2. The van der Waals surface area contributed by atoms with Crippen molar-refractivity contribution in [2.24, 2.45) is 15.9 Å². The van der Waals surface area contributed by atoms with Crippen LogP contribution in [0.4, 0.5) is 5.82 Å². The van der Waals surface area contributed by atoms with Crippen molar-refractivity contribution in [3.8, 4) is 5.75 Å². The minimum Gasteiger partial charge on any atom is -0.508 e. The summed E-state index contributed by atoms with van der Waals surface area (Å²) >= 11 is 0. The molecule has 2 aromatic heterocycles. The van der Waals surface area contributed by atoms with Crippen LogP contribution >= 0.6 is 0 Å². The molecule has 0 aliphatic rings. The van der Waals surface area contributed by atoms with Gasteiger partial charge < -0.3 is 9.67 Å². The summed E-state index contributed by atoms with van der Waals surface area (Å²) in [7, 11) is 0. The van der Waals surface area contributed by atoms with Crippen LogP contribution in [0.1, 0.15) is 58.3 Å². The van der Waals surface area contributed by atoms with E-state index in [1.807, 2.05) is 36.1 Å². The van der Waals surface area contributed by atoms with E-state index in [0.29, 0.717) is 6.54 Å². The lowest BCUT2D eigenvalue weighted by Gasteiger charge is -2.16. The minimum absolute atomic E-state index is 0.228. The number of hydrogen-bond donors (Lipinski definition) is 1. The normalized spacial score (nSPS) is 13.7. The van der Waals surface area contributed by atoms with Crippen molar-refractivity contribution in [3.05, 3.63) is 60.6 Å². The van der Waals surface area contributed by atoms with Crippen LogP contribution in [0.15, 0.2) is 59.3 Å². The van der Waals surface area contributed by atoms with Crippen molar-refractivity contribution in [2.75, 3.05) is 6.54 Å². The molecule has 7 heteroatoms. The van der Waals surface area contributed by atoms with E-state index in [4.69, 9.17) is 9.98 Å². The predicted octanol–water partition coefficient (Wildman–Crippen LogP) is 5.04. The molecule has 0 saturated carbocycles. The Bertz CT molecular complexity index is 1030. The number of rotatable bonds is 8. The second kappa shape index (κ2) is 10.2. The van der Waals surface area contributed by atoms with Gasteiger partial charge in [-0.05, 0) is 51.3 Å². The average molecular weight is 421 g/mol. The van der Waals surface area contributed by atoms with Crippen molar-refractivity contribution < 1.29 is 5.11 Å². The Labute approximate surface area is 184 Å². The number of imidazole rings is 2. The largest absolute Gasteiger partial charge is 0.508 e. The summed E-state index contributed by atoms with van der Waals surface area (Å²) in [5.41, 5.74) is 2.81. The van der Waals surface area contributed by atoms with Gasteiger partial charge in [-0.25, -0.2) is 15.0 Å². The molecule has 0 saturated heterocycles. The lowest BCUT2D eigenvalue weighted by molar-refractivity contribution is 0.475. The Kier molecular flexibility index (Phi) is 7.39. The molecule has 0 aliphatic heterocycles. The first kappa shape index (κ1) is 22.5. The van der Waals surface area contributed by atoms with Gasteiger partial charge in [0.05, 0.1) is 12.0 Å². The van der Waals surface area contributed by atoms with Gasteiger partial charge in [0.15, 0.2) is 5.82 Å². The molecule has 0 aliphatic carbocycles. The number of aromatic nitrogens is 4. The molecule has 31 heavy (non-hydrogen) atoms. The molecule has 1 N–H and O–H groups in total. The van der Waals surface area contributed by atoms with E-state index in [2.05, 4.69) is 42.2 Å². The van der Waals surface area contributed by atoms with Gasteiger partial charge in [-0.15, -0.1) is 0 Å². The molecule has 0 bridgehead atoms. The number of benzene rings is 1. The van der Waals surface area contributed by atoms with Gasteiger partial charge in [0.2, 0.25) is 0 Å². The minimum atomic E-state index is 0.228. The van der Waals surface area contributed by atoms with Crippen LogP contribution in [-0.2, 0) is 6.42 Å². The van der Waals surface area contributed by atoms with Crippen molar-refractivity contribution >= 4 is 17.4 Å².